The van der Waals surface area contributed by atoms with Crippen molar-refractivity contribution in [1.82, 2.24) is 20.3 Å². The number of nitrogens with zero attached hydrogens (tertiary/aromatic N) is 5. The predicted molar refractivity (Wildman–Crippen MR) is 131 cm³/mol. The molecule has 2 fully saturated rings. The highest BCUT2D eigenvalue weighted by Crippen LogP contribution is 2.41. The Hall–Kier alpha value is -4.16. The second-order valence-electron chi connectivity index (χ2n) is 9.73. The summed E-state index contributed by atoms with van der Waals surface area (Å²) >= 11 is 0. The van der Waals surface area contributed by atoms with E-state index in [2.05, 4.69) is 20.3 Å². The van der Waals surface area contributed by atoms with Crippen molar-refractivity contribution in [2.24, 2.45) is 0 Å². The summed E-state index contributed by atoms with van der Waals surface area (Å²) in [6.07, 6.45) is 1.41. The summed E-state index contributed by atoms with van der Waals surface area (Å²) in [6.45, 7) is 2.12. The van der Waals surface area contributed by atoms with Gasteiger partial charge in [0, 0.05) is 30.8 Å². The minimum absolute atomic E-state index is 0.211. The van der Waals surface area contributed by atoms with Crippen molar-refractivity contribution in [3.63, 3.8) is 0 Å². The molecule has 3 aromatic rings. The number of oxazole rings is 1. The Kier molecular flexibility index (Phi) is 5.73. The lowest BCUT2D eigenvalue weighted by Gasteiger charge is -2.35. The van der Waals surface area contributed by atoms with Crippen LogP contribution in [0.25, 0.3) is 11.3 Å². The van der Waals surface area contributed by atoms with Crippen LogP contribution in [0.3, 0.4) is 0 Å². The van der Waals surface area contributed by atoms with Gasteiger partial charge in [-0.3, -0.25) is 15.0 Å². The van der Waals surface area contributed by atoms with Gasteiger partial charge in [-0.1, -0.05) is 0 Å². The zero-order chi connectivity index (χ0) is 26.6. The summed E-state index contributed by atoms with van der Waals surface area (Å²) in [7, 11) is 0. The zero-order valence-corrected chi connectivity index (χ0v) is 20.3. The molecule has 10 nitrogen and oxygen atoms in total. The third kappa shape index (κ3) is 4.52. The first-order valence-corrected chi connectivity index (χ1v) is 12.3. The van der Waals surface area contributed by atoms with Crippen LogP contribution in [-0.2, 0) is 0 Å². The molecule has 0 aromatic carbocycles. The van der Waals surface area contributed by atoms with E-state index in [1.807, 2.05) is 10.2 Å². The van der Waals surface area contributed by atoms with Crippen LogP contribution in [0.5, 0.6) is 0 Å². The molecule has 198 valence electrons. The number of nitrogens with one attached hydrogen (secondary N) is 2. The number of urea groups is 1. The average Bonchev–Trinajstić information content (AvgIpc) is 3.46. The van der Waals surface area contributed by atoms with E-state index in [0.29, 0.717) is 48.3 Å². The fraction of sp³-hybridized carbons (Fsp3) is 0.400. The first-order valence-electron chi connectivity index (χ1n) is 12.3. The van der Waals surface area contributed by atoms with Crippen molar-refractivity contribution in [1.29, 1.82) is 0 Å². The quantitative estimate of drug-likeness (QED) is 0.508. The second-order valence-corrected chi connectivity index (χ2v) is 9.73. The maximum Gasteiger partial charge on any atom is 0.408 e. The van der Waals surface area contributed by atoms with Gasteiger partial charge in [0.25, 0.3) is 5.91 Å². The van der Waals surface area contributed by atoms with E-state index < -0.39 is 24.2 Å². The largest absolute Gasteiger partial charge is 0.440 e. The Morgan fingerprint density at radius 1 is 1.16 bits per heavy atom. The monoisotopic (exact) mass is 527 g/mol. The van der Waals surface area contributed by atoms with Crippen molar-refractivity contribution in [3.05, 3.63) is 48.2 Å². The van der Waals surface area contributed by atoms with Gasteiger partial charge in [-0.15, -0.1) is 0 Å². The third-order valence-corrected chi connectivity index (χ3v) is 6.97. The summed E-state index contributed by atoms with van der Waals surface area (Å²) in [5.41, 5.74) is 1.12. The lowest BCUT2D eigenvalue weighted by molar-refractivity contribution is -0.149. The first-order chi connectivity index (χ1) is 18.2. The van der Waals surface area contributed by atoms with Gasteiger partial charge in [-0.2, -0.15) is 13.2 Å². The molecule has 38 heavy (non-hydrogen) atoms. The molecule has 1 saturated heterocycles. The van der Waals surface area contributed by atoms with Gasteiger partial charge in [0.15, 0.2) is 17.5 Å². The van der Waals surface area contributed by atoms with Gasteiger partial charge in [0.1, 0.15) is 17.6 Å². The van der Waals surface area contributed by atoms with Crippen molar-refractivity contribution in [2.45, 2.75) is 50.4 Å². The average molecular weight is 528 g/mol. The number of rotatable bonds is 5. The number of carbonyl (C=O) groups is 2. The Labute approximate surface area is 215 Å². The number of alkyl halides is 3. The number of pyridine rings is 2. The van der Waals surface area contributed by atoms with E-state index in [0.717, 1.165) is 19.8 Å². The summed E-state index contributed by atoms with van der Waals surface area (Å²) in [4.78, 5) is 42.4. The van der Waals surface area contributed by atoms with Crippen LogP contribution in [0.4, 0.5) is 35.3 Å². The first kappa shape index (κ1) is 24.2. The van der Waals surface area contributed by atoms with E-state index in [1.54, 1.807) is 30.6 Å². The lowest BCUT2D eigenvalue weighted by atomic mass is 10.1. The molecule has 2 aliphatic heterocycles. The highest BCUT2D eigenvalue weighted by Gasteiger charge is 2.41. The summed E-state index contributed by atoms with van der Waals surface area (Å²) in [5.74, 6) is 1.17. The fourth-order valence-electron chi connectivity index (χ4n) is 4.71. The van der Waals surface area contributed by atoms with Crippen LogP contribution in [0.1, 0.15) is 48.5 Å². The van der Waals surface area contributed by atoms with E-state index in [1.165, 1.54) is 11.0 Å². The van der Waals surface area contributed by atoms with E-state index in [9.17, 15) is 22.8 Å². The SMILES string of the molecule is CC(NC(=O)c1ccc2c(n1)N(C(=O)Nc1cc(-c3cnc(C4CC4)o3)ccn1)[C@H]1CCN2C1)C(F)(F)F. The molecule has 0 radical (unpaired) electrons. The Morgan fingerprint density at radius 2 is 1.97 bits per heavy atom. The number of fused-ring (bicyclic) bond motifs is 4. The maximum atomic E-state index is 13.5. The highest BCUT2D eigenvalue weighted by atomic mass is 19.4. The molecule has 1 aliphatic carbocycles. The van der Waals surface area contributed by atoms with Gasteiger partial charge in [0.05, 0.1) is 17.9 Å². The number of carbonyl (C=O) groups excluding carboxylic acids is 2. The number of hydrogen-bond acceptors (Lipinski definition) is 7. The molecule has 13 heteroatoms. The molecule has 3 amide bonds. The van der Waals surface area contributed by atoms with Crippen molar-refractivity contribution in [2.75, 3.05) is 28.2 Å². The molecule has 6 rings (SSSR count). The standard InChI is InChI=1S/C25H24F3N7O3/c1-13(25(26,27)28)31-22(36)17-4-5-18-21(32-17)35(16-7-9-34(18)12-16)24(37)33-20-10-15(6-8-29-20)19-11-30-23(38-19)14-2-3-14/h4-6,8,10-11,13-14,16H,2-3,7,9,12H2,1H3,(H,31,36)(H,29,33,37)/t13?,16-/m0/s1. The number of halogens is 3. The van der Waals surface area contributed by atoms with Crippen LogP contribution in [0.15, 0.2) is 41.1 Å². The molecule has 3 aromatic heterocycles. The Bertz CT molecular complexity index is 1400. The molecule has 5 heterocycles. The Morgan fingerprint density at radius 3 is 2.74 bits per heavy atom. The van der Waals surface area contributed by atoms with Crippen LogP contribution in [0.2, 0.25) is 0 Å². The minimum Gasteiger partial charge on any atom is -0.440 e. The van der Waals surface area contributed by atoms with Crippen LogP contribution in [-0.4, -0.2) is 58.2 Å². The van der Waals surface area contributed by atoms with Crippen LogP contribution in [0, 0.1) is 0 Å². The van der Waals surface area contributed by atoms with Crippen molar-refractivity contribution in [3.8, 4) is 11.3 Å². The van der Waals surface area contributed by atoms with E-state index in [-0.39, 0.29) is 23.4 Å². The summed E-state index contributed by atoms with van der Waals surface area (Å²) in [6, 6.07) is 3.63. The highest BCUT2D eigenvalue weighted by molar-refractivity contribution is 6.05. The minimum atomic E-state index is -4.59. The van der Waals surface area contributed by atoms with Crippen LogP contribution < -0.4 is 20.4 Å². The smallest absolute Gasteiger partial charge is 0.408 e. The number of amides is 3. The summed E-state index contributed by atoms with van der Waals surface area (Å²) < 4.78 is 44.7. The number of anilines is 3. The molecular weight excluding hydrogens is 503 g/mol. The molecule has 1 saturated carbocycles. The lowest BCUT2D eigenvalue weighted by Crippen LogP contribution is -2.49. The van der Waals surface area contributed by atoms with Crippen LogP contribution >= 0.6 is 0 Å². The molecule has 2 N–H and O–H groups in total. The fourth-order valence-corrected chi connectivity index (χ4v) is 4.71. The molecular formula is C25H24F3N7O3. The molecule has 2 bridgehead atoms. The maximum absolute atomic E-state index is 13.5. The molecule has 3 aliphatic rings. The topological polar surface area (TPSA) is 116 Å². The number of hydrogen-bond donors (Lipinski definition) is 2. The third-order valence-electron chi connectivity index (χ3n) is 6.97. The van der Waals surface area contributed by atoms with Gasteiger partial charge in [-0.05, 0) is 50.5 Å². The number of aromatic nitrogens is 3. The normalized spacial score (nSPS) is 19.2. The van der Waals surface area contributed by atoms with Gasteiger partial charge < -0.3 is 14.6 Å². The Balaban J connectivity index is 1.25. The summed E-state index contributed by atoms with van der Waals surface area (Å²) in [5, 5.41) is 4.71. The van der Waals surface area contributed by atoms with Crippen molar-refractivity contribution >= 4 is 29.3 Å². The molecule has 2 atom stereocenters. The van der Waals surface area contributed by atoms with Gasteiger partial charge in [0.2, 0.25) is 0 Å². The molecule has 1 unspecified atom stereocenters. The zero-order valence-electron chi connectivity index (χ0n) is 20.3. The molecule has 0 spiro atoms. The van der Waals surface area contributed by atoms with Gasteiger partial charge in [-0.25, -0.2) is 19.7 Å². The predicted octanol–water partition coefficient (Wildman–Crippen LogP) is 4.32. The van der Waals surface area contributed by atoms with E-state index >= 15 is 0 Å². The van der Waals surface area contributed by atoms with E-state index in [4.69, 9.17) is 4.42 Å². The van der Waals surface area contributed by atoms with Crippen molar-refractivity contribution < 1.29 is 27.2 Å². The second kappa shape index (κ2) is 8.99. The van der Waals surface area contributed by atoms with Gasteiger partial charge >= 0.3 is 12.2 Å².